The van der Waals surface area contributed by atoms with E-state index in [0.29, 0.717) is 29.2 Å². The zero-order valence-corrected chi connectivity index (χ0v) is 16.9. The van der Waals surface area contributed by atoms with Crippen LogP contribution in [-0.2, 0) is 21.0 Å². The average molecular weight is 401 g/mol. The summed E-state index contributed by atoms with van der Waals surface area (Å²) in [5.41, 5.74) is 2.96. The molecule has 0 spiro atoms. The van der Waals surface area contributed by atoms with E-state index in [1.54, 1.807) is 19.1 Å². The SMILES string of the molecule is CCN(C(=O)OC)c1ccccc1CO/N=C(C)/C(=N\OC)c1ccc(F)cc1. The Morgan fingerprint density at radius 3 is 2.38 bits per heavy atom. The normalized spacial score (nSPS) is 11.8. The Kier molecular flexibility index (Phi) is 8.14. The molecule has 2 rings (SSSR count). The van der Waals surface area contributed by atoms with Crippen molar-refractivity contribution in [2.75, 3.05) is 25.7 Å². The second kappa shape index (κ2) is 10.8. The molecule has 2 aromatic rings. The zero-order chi connectivity index (χ0) is 21.2. The van der Waals surface area contributed by atoms with Gasteiger partial charge in [-0.1, -0.05) is 28.5 Å². The number of anilines is 1. The Hall–Kier alpha value is -3.42. The molecule has 0 heterocycles. The van der Waals surface area contributed by atoms with Crippen molar-refractivity contribution >= 4 is 23.2 Å². The number of hydrogen-bond donors (Lipinski definition) is 0. The maximum Gasteiger partial charge on any atom is 0.413 e. The first-order chi connectivity index (χ1) is 14.0. The van der Waals surface area contributed by atoms with Gasteiger partial charge >= 0.3 is 6.09 Å². The van der Waals surface area contributed by atoms with E-state index in [1.807, 2.05) is 31.2 Å². The summed E-state index contributed by atoms with van der Waals surface area (Å²) in [6.45, 7) is 4.14. The molecule has 7 nitrogen and oxygen atoms in total. The van der Waals surface area contributed by atoms with Gasteiger partial charge in [0, 0.05) is 17.7 Å². The molecule has 0 saturated heterocycles. The van der Waals surface area contributed by atoms with Gasteiger partial charge in [0.05, 0.1) is 12.8 Å². The first-order valence-electron chi connectivity index (χ1n) is 8.99. The molecule has 0 saturated carbocycles. The van der Waals surface area contributed by atoms with Gasteiger partial charge in [-0.05, 0) is 44.2 Å². The van der Waals surface area contributed by atoms with Crippen LogP contribution in [0.2, 0.25) is 0 Å². The molecule has 0 aliphatic heterocycles. The van der Waals surface area contributed by atoms with E-state index in [0.717, 1.165) is 5.56 Å². The highest BCUT2D eigenvalue weighted by Gasteiger charge is 2.17. The molecule has 1 amide bonds. The molecule has 8 heteroatoms. The van der Waals surface area contributed by atoms with Gasteiger partial charge in [0.15, 0.2) is 0 Å². The number of carbonyl (C=O) groups excluding carboxylic acids is 1. The Labute approximate surface area is 169 Å². The summed E-state index contributed by atoms with van der Waals surface area (Å²) in [4.78, 5) is 23.9. The van der Waals surface area contributed by atoms with E-state index in [-0.39, 0.29) is 12.4 Å². The summed E-state index contributed by atoms with van der Waals surface area (Å²) in [6.07, 6.45) is -0.453. The number of carbonyl (C=O) groups is 1. The third-order valence-corrected chi connectivity index (χ3v) is 4.06. The predicted octanol–water partition coefficient (Wildman–Crippen LogP) is 4.36. The van der Waals surface area contributed by atoms with E-state index in [2.05, 4.69) is 10.3 Å². The van der Waals surface area contributed by atoms with Crippen molar-refractivity contribution in [1.29, 1.82) is 0 Å². The summed E-state index contributed by atoms with van der Waals surface area (Å²) in [7, 11) is 2.75. The second-order valence-electron chi connectivity index (χ2n) is 5.92. The van der Waals surface area contributed by atoms with E-state index < -0.39 is 6.09 Å². The van der Waals surface area contributed by atoms with Crippen LogP contribution in [0.4, 0.5) is 14.9 Å². The summed E-state index contributed by atoms with van der Waals surface area (Å²) >= 11 is 0. The molecule has 0 unspecified atom stereocenters. The number of methoxy groups -OCH3 is 1. The van der Waals surface area contributed by atoms with Crippen molar-refractivity contribution < 1.29 is 23.6 Å². The fourth-order valence-corrected chi connectivity index (χ4v) is 2.67. The third kappa shape index (κ3) is 5.78. The Balaban J connectivity index is 2.19. The predicted molar refractivity (Wildman–Crippen MR) is 110 cm³/mol. The molecule has 0 N–H and O–H groups in total. The van der Waals surface area contributed by atoms with Crippen LogP contribution >= 0.6 is 0 Å². The lowest BCUT2D eigenvalue weighted by molar-refractivity contribution is 0.131. The van der Waals surface area contributed by atoms with Crippen LogP contribution in [-0.4, -0.2) is 38.3 Å². The lowest BCUT2D eigenvalue weighted by Crippen LogP contribution is -2.31. The van der Waals surface area contributed by atoms with Crippen LogP contribution in [0.5, 0.6) is 0 Å². The number of ether oxygens (including phenoxy) is 1. The highest BCUT2D eigenvalue weighted by Crippen LogP contribution is 2.22. The molecule has 0 aliphatic carbocycles. The Morgan fingerprint density at radius 1 is 1.07 bits per heavy atom. The monoisotopic (exact) mass is 401 g/mol. The molecular weight excluding hydrogens is 377 g/mol. The van der Waals surface area contributed by atoms with Gasteiger partial charge in [-0.2, -0.15) is 0 Å². The van der Waals surface area contributed by atoms with E-state index in [1.165, 1.54) is 31.3 Å². The van der Waals surface area contributed by atoms with Crippen LogP contribution in [0.3, 0.4) is 0 Å². The van der Waals surface area contributed by atoms with Crippen molar-refractivity contribution in [2.45, 2.75) is 20.5 Å². The number of hydrogen-bond acceptors (Lipinski definition) is 6. The molecule has 2 aromatic carbocycles. The van der Waals surface area contributed by atoms with Crippen LogP contribution in [0, 0.1) is 5.82 Å². The molecule has 0 fully saturated rings. The number of oxime groups is 2. The molecule has 29 heavy (non-hydrogen) atoms. The van der Waals surface area contributed by atoms with Gasteiger partial charge < -0.3 is 14.4 Å². The van der Waals surface area contributed by atoms with Crippen molar-refractivity contribution in [3.05, 3.63) is 65.5 Å². The number of nitrogens with zero attached hydrogens (tertiary/aromatic N) is 3. The van der Waals surface area contributed by atoms with Gasteiger partial charge in [-0.25, -0.2) is 9.18 Å². The fourth-order valence-electron chi connectivity index (χ4n) is 2.67. The highest BCUT2D eigenvalue weighted by molar-refractivity contribution is 6.47. The third-order valence-electron chi connectivity index (χ3n) is 4.06. The van der Waals surface area contributed by atoms with Crippen LogP contribution in [0.1, 0.15) is 25.0 Å². The molecule has 0 radical (unpaired) electrons. The quantitative estimate of drug-likeness (QED) is 0.487. The summed E-state index contributed by atoms with van der Waals surface area (Å²) < 4.78 is 18.0. The first-order valence-corrected chi connectivity index (χ1v) is 8.99. The molecule has 0 bridgehead atoms. The Bertz CT molecular complexity index is 882. The molecule has 0 aliphatic rings. The maximum absolute atomic E-state index is 13.2. The van der Waals surface area contributed by atoms with E-state index >= 15 is 0 Å². The number of rotatable bonds is 8. The van der Waals surface area contributed by atoms with Crippen LogP contribution < -0.4 is 4.90 Å². The highest BCUT2D eigenvalue weighted by atomic mass is 19.1. The van der Waals surface area contributed by atoms with Gasteiger partial charge in [-0.3, -0.25) is 4.90 Å². The number of benzene rings is 2. The summed E-state index contributed by atoms with van der Waals surface area (Å²) in [5, 5.41) is 8.06. The smallest absolute Gasteiger partial charge is 0.413 e. The topological polar surface area (TPSA) is 72.7 Å². The first kappa shape index (κ1) is 21.9. The minimum Gasteiger partial charge on any atom is -0.452 e. The fraction of sp³-hybridized carbons (Fsp3) is 0.286. The van der Waals surface area contributed by atoms with Gasteiger partial charge in [-0.15, -0.1) is 0 Å². The van der Waals surface area contributed by atoms with Crippen molar-refractivity contribution in [1.82, 2.24) is 0 Å². The second-order valence-corrected chi connectivity index (χ2v) is 5.92. The maximum atomic E-state index is 13.2. The van der Waals surface area contributed by atoms with Crippen molar-refractivity contribution in [3.8, 4) is 0 Å². The lowest BCUT2D eigenvalue weighted by Gasteiger charge is -2.21. The minimum atomic E-state index is -0.453. The van der Waals surface area contributed by atoms with Gasteiger partial charge in [0.2, 0.25) is 0 Å². The number of amides is 1. The van der Waals surface area contributed by atoms with Crippen LogP contribution in [0.25, 0.3) is 0 Å². The van der Waals surface area contributed by atoms with Crippen LogP contribution in [0.15, 0.2) is 58.8 Å². The summed E-state index contributed by atoms with van der Waals surface area (Å²) in [6, 6.07) is 13.2. The number of para-hydroxylation sites is 1. The van der Waals surface area contributed by atoms with Gasteiger partial charge in [0.1, 0.15) is 31.0 Å². The van der Waals surface area contributed by atoms with Gasteiger partial charge in [0.25, 0.3) is 0 Å². The Morgan fingerprint density at radius 2 is 1.76 bits per heavy atom. The standard InChI is InChI=1S/C21H24FN3O4/c1-5-25(21(26)27-3)19-9-7-6-8-17(19)14-29-23-15(2)20(24-28-4)16-10-12-18(22)13-11-16/h6-13H,5,14H2,1-4H3/b23-15+,24-20+. The zero-order valence-electron chi connectivity index (χ0n) is 16.9. The minimum absolute atomic E-state index is 0.130. The molecule has 0 aromatic heterocycles. The largest absolute Gasteiger partial charge is 0.452 e. The van der Waals surface area contributed by atoms with E-state index in [9.17, 15) is 9.18 Å². The molecule has 154 valence electrons. The van der Waals surface area contributed by atoms with Crippen molar-refractivity contribution in [2.24, 2.45) is 10.3 Å². The number of halogens is 1. The summed E-state index contributed by atoms with van der Waals surface area (Å²) in [5.74, 6) is -0.348. The average Bonchev–Trinajstić information content (AvgIpc) is 2.74. The lowest BCUT2D eigenvalue weighted by atomic mass is 10.1. The van der Waals surface area contributed by atoms with Crippen molar-refractivity contribution in [3.63, 3.8) is 0 Å². The molecule has 0 atom stereocenters. The van der Waals surface area contributed by atoms with E-state index in [4.69, 9.17) is 14.4 Å². The molecular formula is C21H24FN3O4.